The quantitative estimate of drug-likeness (QED) is 0.181. The topological polar surface area (TPSA) is 43.9 Å². The maximum atomic E-state index is 6.97. The van der Waals surface area contributed by atoms with Crippen molar-refractivity contribution in [3.63, 3.8) is 0 Å². The Morgan fingerprint density at radius 3 is 2.06 bits per heavy atom. The Hall–Kier alpha value is -5.26. The van der Waals surface area contributed by atoms with Crippen LogP contribution in [0.2, 0.25) is 0 Å². The van der Waals surface area contributed by atoms with Gasteiger partial charge in [0.1, 0.15) is 16.9 Å². The van der Waals surface area contributed by atoms with Gasteiger partial charge in [0.25, 0.3) is 0 Å². The summed E-state index contributed by atoms with van der Waals surface area (Å²) in [5, 5.41) is 5.64. The Morgan fingerprint density at radius 2 is 1.33 bits per heavy atom. The largest absolute Gasteiger partial charge is 0.453 e. The van der Waals surface area contributed by atoms with Crippen molar-refractivity contribution in [2.45, 2.75) is 65.7 Å². The molecule has 0 saturated heterocycles. The van der Waals surface area contributed by atoms with E-state index >= 15 is 0 Å². The summed E-state index contributed by atoms with van der Waals surface area (Å²) in [6, 6.07) is 39.5. The summed E-state index contributed by atoms with van der Waals surface area (Å²) in [7, 11) is 0. The highest BCUT2D eigenvalue weighted by Crippen LogP contribution is 2.45. The molecule has 0 N–H and O–H groups in total. The van der Waals surface area contributed by atoms with Crippen LogP contribution in [0.1, 0.15) is 76.4 Å². The van der Waals surface area contributed by atoms with Crippen LogP contribution in [-0.2, 0) is 5.41 Å². The number of furan rings is 1. The highest BCUT2D eigenvalue weighted by atomic mass is 32.1. The zero-order chi connectivity index (χ0) is 35.2. The van der Waals surface area contributed by atoms with Crippen LogP contribution in [0, 0.1) is 0 Å². The zero-order valence-electron chi connectivity index (χ0n) is 30.2. The minimum atomic E-state index is -0.0425. The molecule has 0 saturated carbocycles. The van der Waals surface area contributed by atoms with Crippen molar-refractivity contribution in [3.8, 4) is 28.2 Å². The van der Waals surface area contributed by atoms with E-state index in [0.717, 1.165) is 59.6 Å². The van der Waals surface area contributed by atoms with E-state index in [1.807, 2.05) is 0 Å². The predicted octanol–water partition coefficient (Wildman–Crippen LogP) is 13.6. The minimum Gasteiger partial charge on any atom is -0.453 e. The first-order valence-electron chi connectivity index (χ1n) is 18.0. The lowest BCUT2D eigenvalue weighted by Crippen LogP contribution is -2.09. The van der Waals surface area contributed by atoms with Gasteiger partial charge in [-0.1, -0.05) is 121 Å². The molecule has 5 heteroatoms. The maximum absolute atomic E-state index is 6.97. The third-order valence-corrected chi connectivity index (χ3v) is 11.6. The van der Waals surface area contributed by atoms with Crippen molar-refractivity contribution in [1.82, 2.24) is 14.5 Å². The molecule has 0 amide bonds. The van der Waals surface area contributed by atoms with Gasteiger partial charge in [-0.2, -0.15) is 0 Å². The standard InChI is InChI=1S/C46H41N3OS/c1-26(2)35-24-30(28-14-9-8-10-15-28)25-36(27(3)4)40(35)49-41-31-17-12-11-16-29(31)20-22-37(41)47-44(49)34-19-13-18-32-33-21-23-38-39(43(33)50-42(32)34)48-45(51-38)46(5,6)7/h8-27H,1-7H3. The van der Waals surface area contributed by atoms with Gasteiger partial charge >= 0.3 is 0 Å². The van der Waals surface area contributed by atoms with Crippen LogP contribution in [0.5, 0.6) is 0 Å². The van der Waals surface area contributed by atoms with Gasteiger partial charge < -0.3 is 4.42 Å². The monoisotopic (exact) mass is 683 g/mol. The van der Waals surface area contributed by atoms with Crippen LogP contribution < -0.4 is 0 Å². The first kappa shape index (κ1) is 31.7. The van der Waals surface area contributed by atoms with Crippen LogP contribution in [-0.4, -0.2) is 14.5 Å². The van der Waals surface area contributed by atoms with Crippen molar-refractivity contribution in [1.29, 1.82) is 0 Å². The third-order valence-electron chi connectivity index (χ3n) is 10.2. The molecule has 0 fully saturated rings. The highest BCUT2D eigenvalue weighted by molar-refractivity contribution is 7.18. The molecule has 0 unspecified atom stereocenters. The summed E-state index contributed by atoms with van der Waals surface area (Å²) in [6.07, 6.45) is 0. The van der Waals surface area contributed by atoms with Crippen molar-refractivity contribution in [2.75, 3.05) is 0 Å². The van der Waals surface area contributed by atoms with E-state index < -0.39 is 0 Å². The normalized spacial score (nSPS) is 12.6. The Labute approximate surface area is 302 Å². The molecule has 0 bridgehead atoms. The molecule has 0 atom stereocenters. The number of imidazole rings is 1. The van der Waals surface area contributed by atoms with E-state index in [4.69, 9.17) is 14.4 Å². The van der Waals surface area contributed by atoms with Crippen molar-refractivity contribution < 1.29 is 4.42 Å². The smallest absolute Gasteiger partial charge is 0.162 e. The summed E-state index contributed by atoms with van der Waals surface area (Å²) in [6.45, 7) is 15.9. The summed E-state index contributed by atoms with van der Waals surface area (Å²) in [5.74, 6) is 1.41. The van der Waals surface area contributed by atoms with E-state index in [-0.39, 0.29) is 17.3 Å². The summed E-state index contributed by atoms with van der Waals surface area (Å²) in [5.41, 5.74) is 11.9. The average molecular weight is 684 g/mol. The molecule has 0 aliphatic heterocycles. The maximum Gasteiger partial charge on any atom is 0.162 e. The van der Waals surface area contributed by atoms with Gasteiger partial charge in [-0.05, 0) is 75.9 Å². The molecule has 9 aromatic rings. The Balaban J connectivity index is 1.41. The van der Waals surface area contributed by atoms with Crippen LogP contribution >= 0.6 is 11.3 Å². The zero-order valence-corrected chi connectivity index (χ0v) is 31.0. The van der Waals surface area contributed by atoms with Crippen molar-refractivity contribution in [2.24, 2.45) is 0 Å². The second-order valence-electron chi connectivity index (χ2n) is 15.4. The van der Waals surface area contributed by atoms with Crippen molar-refractivity contribution in [3.05, 3.63) is 125 Å². The van der Waals surface area contributed by atoms with Gasteiger partial charge in [0.15, 0.2) is 5.58 Å². The van der Waals surface area contributed by atoms with Crippen LogP contribution in [0.4, 0.5) is 0 Å². The molecule has 0 aliphatic carbocycles. The lowest BCUT2D eigenvalue weighted by molar-refractivity contribution is 0.586. The van der Waals surface area contributed by atoms with E-state index in [1.165, 1.54) is 38.7 Å². The SMILES string of the molecule is CC(C)c1cc(-c2ccccc2)cc(C(C)C)c1-n1c(-c2cccc3c2oc2c3ccc3sc(C(C)(C)C)nc32)nc2ccc3ccccc3c21. The molecular formula is C46H41N3OS. The average Bonchev–Trinajstić information content (AvgIpc) is 3.85. The predicted molar refractivity (Wildman–Crippen MR) is 217 cm³/mol. The number of hydrogen-bond donors (Lipinski definition) is 0. The Bertz CT molecular complexity index is 2760. The van der Waals surface area contributed by atoms with E-state index in [9.17, 15) is 0 Å². The molecule has 0 spiro atoms. The number of nitrogens with zero attached hydrogens (tertiary/aromatic N) is 3. The van der Waals surface area contributed by atoms with Crippen LogP contribution in [0.3, 0.4) is 0 Å². The molecule has 252 valence electrons. The molecule has 51 heavy (non-hydrogen) atoms. The fourth-order valence-corrected chi connectivity index (χ4v) is 8.62. The molecule has 0 radical (unpaired) electrons. The third kappa shape index (κ3) is 5.01. The number of hydrogen-bond acceptors (Lipinski definition) is 4. The molecule has 0 aliphatic rings. The number of benzene rings is 6. The first-order valence-corrected chi connectivity index (χ1v) is 18.8. The molecule has 3 aromatic heterocycles. The van der Waals surface area contributed by atoms with Crippen molar-refractivity contribution >= 4 is 65.3 Å². The number of para-hydroxylation sites is 1. The molecule has 6 aromatic carbocycles. The summed E-state index contributed by atoms with van der Waals surface area (Å²) >= 11 is 1.75. The second-order valence-corrected chi connectivity index (χ2v) is 16.5. The van der Waals surface area contributed by atoms with E-state index in [1.54, 1.807) is 11.3 Å². The van der Waals surface area contributed by atoms with E-state index in [0.29, 0.717) is 0 Å². The van der Waals surface area contributed by atoms with Crippen LogP contribution in [0.25, 0.3) is 82.2 Å². The highest BCUT2D eigenvalue weighted by Gasteiger charge is 2.27. The van der Waals surface area contributed by atoms with E-state index in [2.05, 4.69) is 162 Å². The second kappa shape index (κ2) is 11.6. The van der Waals surface area contributed by atoms with Gasteiger partial charge in [-0.25, -0.2) is 9.97 Å². The summed E-state index contributed by atoms with van der Waals surface area (Å²) in [4.78, 5) is 10.6. The molecular weight excluding hydrogens is 643 g/mol. The van der Waals surface area contributed by atoms with Gasteiger partial charge in [0.05, 0.1) is 32.0 Å². The minimum absolute atomic E-state index is 0.0425. The number of thiazole rings is 1. The van der Waals surface area contributed by atoms with Gasteiger partial charge in [0, 0.05) is 21.6 Å². The number of aromatic nitrogens is 3. The molecule has 9 rings (SSSR count). The number of rotatable bonds is 5. The lowest BCUT2D eigenvalue weighted by Gasteiger charge is -2.24. The van der Waals surface area contributed by atoms with Gasteiger partial charge in [-0.15, -0.1) is 11.3 Å². The fraction of sp³-hybridized carbons (Fsp3) is 0.217. The Morgan fingerprint density at radius 1 is 0.647 bits per heavy atom. The van der Waals surface area contributed by atoms with Crippen LogP contribution in [0.15, 0.2) is 114 Å². The lowest BCUT2D eigenvalue weighted by atomic mass is 9.88. The Kier molecular flexibility index (Phi) is 7.24. The molecule has 4 nitrogen and oxygen atoms in total. The van der Waals surface area contributed by atoms with Gasteiger partial charge in [0.2, 0.25) is 0 Å². The van der Waals surface area contributed by atoms with Gasteiger partial charge in [-0.3, -0.25) is 4.57 Å². The molecule has 3 heterocycles. The number of fused-ring (bicyclic) bond motifs is 8. The first-order chi connectivity index (χ1) is 24.6. The summed E-state index contributed by atoms with van der Waals surface area (Å²) < 4.78 is 10.6. The fourth-order valence-electron chi connectivity index (χ4n) is 7.60.